The summed E-state index contributed by atoms with van der Waals surface area (Å²) in [6, 6.07) is -3.93. The van der Waals surface area contributed by atoms with Crippen LogP contribution in [0.2, 0.25) is 0 Å². The van der Waals surface area contributed by atoms with Crippen LogP contribution in [0.1, 0.15) is 98.0 Å². The highest BCUT2D eigenvalue weighted by molar-refractivity contribution is 6.37. The van der Waals surface area contributed by atoms with Crippen LogP contribution in [0.15, 0.2) is 9.59 Å². The van der Waals surface area contributed by atoms with Crippen LogP contribution in [0.4, 0.5) is 10.5 Å². The van der Waals surface area contributed by atoms with E-state index in [4.69, 9.17) is 5.73 Å². The first-order chi connectivity index (χ1) is 21.3. The van der Waals surface area contributed by atoms with E-state index in [2.05, 4.69) is 16.0 Å². The van der Waals surface area contributed by atoms with Crippen molar-refractivity contribution in [2.45, 2.75) is 117 Å². The highest BCUT2D eigenvalue weighted by Gasteiger charge is 2.44. The summed E-state index contributed by atoms with van der Waals surface area (Å²) < 4.78 is 0. The van der Waals surface area contributed by atoms with Crippen molar-refractivity contribution in [1.29, 1.82) is 0 Å². The molecule has 4 atom stereocenters. The van der Waals surface area contributed by atoms with Crippen molar-refractivity contribution in [3.8, 4) is 0 Å². The number of carbonyl (C=O) groups excluding carboxylic acids is 5. The Labute approximate surface area is 270 Å². The topological polar surface area (TPSA) is 188 Å². The van der Waals surface area contributed by atoms with E-state index >= 15 is 0 Å². The van der Waals surface area contributed by atoms with Crippen molar-refractivity contribution in [2.24, 2.45) is 22.5 Å². The molecule has 1 unspecified atom stereocenters. The number of ketones is 1. The van der Waals surface area contributed by atoms with Crippen LogP contribution in [0.25, 0.3) is 0 Å². The molecule has 254 valence electrons. The molecule has 1 aromatic carbocycles. The first-order valence-electron chi connectivity index (χ1n) is 16.4. The Morgan fingerprint density at radius 3 is 2.04 bits per heavy atom. The number of carbonyl (C=O) groups is 5. The minimum Gasteiger partial charge on any atom is -0.369 e. The minimum atomic E-state index is -1.11. The normalized spacial score (nSPS) is 20.5. The monoisotopic (exact) mass is 642 g/mol. The molecule has 0 aromatic heterocycles. The van der Waals surface area contributed by atoms with Gasteiger partial charge in [0.05, 0.1) is 17.8 Å². The first-order valence-corrected chi connectivity index (χ1v) is 16.4. The van der Waals surface area contributed by atoms with E-state index < -0.39 is 75.4 Å². The summed E-state index contributed by atoms with van der Waals surface area (Å²) in [7, 11) is 1.74. The molecule has 5 amide bonds. The zero-order chi connectivity index (χ0) is 34.3. The van der Waals surface area contributed by atoms with Crippen LogP contribution in [-0.4, -0.2) is 78.7 Å². The number of nitrogens with two attached hydrogens (primary N) is 1. The van der Waals surface area contributed by atoms with Crippen LogP contribution in [0.3, 0.4) is 0 Å². The lowest BCUT2D eigenvalue weighted by Crippen LogP contribution is -2.62. The molecule has 3 aliphatic rings. The number of primary amides is 1. The fraction of sp³-hybridized carbons (Fsp3) is 0.727. The molecule has 2 aliphatic carbocycles. The van der Waals surface area contributed by atoms with Crippen molar-refractivity contribution in [2.75, 3.05) is 25.0 Å². The first kappa shape index (κ1) is 35.1. The number of hydrogen-bond acceptors (Lipinski definition) is 8. The summed E-state index contributed by atoms with van der Waals surface area (Å²) in [5.41, 5.74) is 4.15. The van der Waals surface area contributed by atoms with E-state index in [1.165, 1.54) is 4.90 Å². The van der Waals surface area contributed by atoms with Crippen molar-refractivity contribution < 1.29 is 24.0 Å². The van der Waals surface area contributed by atoms with Gasteiger partial charge in [0.15, 0.2) is 0 Å². The fourth-order valence-electron chi connectivity index (χ4n) is 6.23. The van der Waals surface area contributed by atoms with E-state index in [1.807, 2.05) is 41.5 Å². The number of rotatable bonds is 13. The molecule has 1 saturated heterocycles. The van der Waals surface area contributed by atoms with Crippen LogP contribution < -0.4 is 37.4 Å². The number of urea groups is 1. The third kappa shape index (κ3) is 7.95. The molecule has 3 fully saturated rings. The summed E-state index contributed by atoms with van der Waals surface area (Å²) in [5, 5.41) is 8.52. The second kappa shape index (κ2) is 13.2. The van der Waals surface area contributed by atoms with E-state index in [-0.39, 0.29) is 18.4 Å². The number of Topliss-reactive ketones (excluding diaryl/α,β-unsaturated/α-hetero) is 1. The average Bonchev–Trinajstić information content (AvgIpc) is 3.89. The van der Waals surface area contributed by atoms with Gasteiger partial charge in [-0.1, -0.05) is 54.4 Å². The predicted molar refractivity (Wildman–Crippen MR) is 173 cm³/mol. The number of nitrogens with zero attached hydrogens (tertiary/aromatic N) is 2. The molecular weight excluding hydrogens is 592 g/mol. The van der Waals surface area contributed by atoms with Gasteiger partial charge in [0.1, 0.15) is 12.1 Å². The molecule has 46 heavy (non-hydrogen) atoms. The molecule has 5 N–H and O–H groups in total. The van der Waals surface area contributed by atoms with Gasteiger partial charge >= 0.3 is 6.03 Å². The smallest absolute Gasteiger partial charge is 0.315 e. The third-order valence-corrected chi connectivity index (χ3v) is 9.46. The van der Waals surface area contributed by atoms with E-state index in [0.717, 1.165) is 25.7 Å². The van der Waals surface area contributed by atoms with Gasteiger partial charge in [-0.2, -0.15) is 0 Å². The Hall–Kier alpha value is -3.77. The molecule has 0 bridgehead atoms. The number of amides is 5. The summed E-state index contributed by atoms with van der Waals surface area (Å²) in [6.45, 7) is 11.9. The summed E-state index contributed by atoms with van der Waals surface area (Å²) >= 11 is 0. The minimum absolute atomic E-state index is 0.134. The lowest BCUT2D eigenvalue weighted by Gasteiger charge is -2.38. The lowest BCUT2D eigenvalue weighted by atomic mass is 9.85. The van der Waals surface area contributed by atoms with Crippen LogP contribution >= 0.6 is 0 Å². The summed E-state index contributed by atoms with van der Waals surface area (Å²) in [5.74, 6) is -2.54. The van der Waals surface area contributed by atoms with Crippen LogP contribution in [0.5, 0.6) is 0 Å². The SMILES string of the molecule is CN(C[C@@H](NC(=O)N[C@H](C(=O)N1CCC[C@H]1C(=O)NC(CC1CC1)C(=O)C(N)=O)C(C)(C)C)C(C)(C)C)c1c(C2CC2)c(=O)c1=O. The molecule has 0 spiro atoms. The maximum absolute atomic E-state index is 14.0. The largest absolute Gasteiger partial charge is 0.369 e. The average molecular weight is 643 g/mol. The Balaban J connectivity index is 1.45. The van der Waals surface area contributed by atoms with E-state index in [9.17, 15) is 33.6 Å². The highest BCUT2D eigenvalue weighted by Crippen LogP contribution is 2.42. The van der Waals surface area contributed by atoms with E-state index in [0.29, 0.717) is 37.1 Å². The van der Waals surface area contributed by atoms with Gasteiger partial charge in [0.2, 0.25) is 28.5 Å². The lowest BCUT2D eigenvalue weighted by molar-refractivity contribution is -0.143. The molecule has 4 rings (SSSR count). The maximum atomic E-state index is 14.0. The number of likely N-dealkylation sites (tertiary alicyclic amines) is 1. The Morgan fingerprint density at radius 2 is 1.52 bits per heavy atom. The van der Waals surface area contributed by atoms with Crippen molar-refractivity contribution in [3.05, 3.63) is 26.0 Å². The maximum Gasteiger partial charge on any atom is 0.315 e. The van der Waals surface area contributed by atoms with Gasteiger partial charge in [-0.3, -0.25) is 28.8 Å². The zero-order valence-electron chi connectivity index (χ0n) is 28.2. The third-order valence-electron chi connectivity index (χ3n) is 9.46. The van der Waals surface area contributed by atoms with Gasteiger partial charge in [0, 0.05) is 25.7 Å². The Bertz CT molecular complexity index is 1440. The van der Waals surface area contributed by atoms with Gasteiger partial charge in [-0.15, -0.1) is 0 Å². The van der Waals surface area contributed by atoms with E-state index in [1.54, 1.807) is 11.9 Å². The number of likely N-dealkylation sites (N-methyl/N-ethyl adjacent to an activating group) is 1. The summed E-state index contributed by atoms with van der Waals surface area (Å²) in [4.78, 5) is 92.8. The van der Waals surface area contributed by atoms with Crippen molar-refractivity contribution in [1.82, 2.24) is 20.9 Å². The molecule has 0 radical (unpaired) electrons. The fourth-order valence-corrected chi connectivity index (χ4v) is 6.23. The number of anilines is 1. The Morgan fingerprint density at radius 1 is 0.891 bits per heavy atom. The second-order valence-corrected chi connectivity index (χ2v) is 15.6. The number of hydrogen-bond donors (Lipinski definition) is 4. The highest BCUT2D eigenvalue weighted by atomic mass is 16.2. The molecule has 1 heterocycles. The quantitative estimate of drug-likeness (QED) is 0.230. The zero-order valence-corrected chi connectivity index (χ0v) is 28.2. The van der Waals surface area contributed by atoms with Gasteiger partial charge < -0.3 is 31.5 Å². The van der Waals surface area contributed by atoms with Gasteiger partial charge in [-0.05, 0) is 54.8 Å². The predicted octanol–water partition coefficient (Wildman–Crippen LogP) is 1.06. The standard InChI is InChI=1S/C33H50N6O7/c1-32(2,3)21(16-38(7)23-22(18-12-13-18)25(41)26(23)42)36-31(46)37-27(33(4,5)6)30(45)39-14-8-9-20(39)29(44)35-19(15-17-10-11-17)24(40)28(34)43/h17-21,27H,8-16H2,1-7H3,(H2,34,43)(H,35,44)(H2,36,37,46)/t19?,20-,21+,27+/m0/s1. The number of nitrogens with one attached hydrogen (secondary N) is 3. The molecular formula is C33H50N6O7. The van der Waals surface area contributed by atoms with Crippen molar-refractivity contribution in [3.63, 3.8) is 0 Å². The Kier molecular flexibility index (Phi) is 10.0. The molecule has 1 aromatic rings. The molecule has 13 heteroatoms. The van der Waals surface area contributed by atoms with Gasteiger partial charge in [0.25, 0.3) is 5.91 Å². The van der Waals surface area contributed by atoms with Crippen LogP contribution in [-0.2, 0) is 19.2 Å². The molecule has 1 aliphatic heterocycles. The second-order valence-electron chi connectivity index (χ2n) is 15.6. The van der Waals surface area contributed by atoms with Crippen LogP contribution in [0, 0.1) is 16.7 Å². The summed E-state index contributed by atoms with van der Waals surface area (Å²) in [6.07, 6.45) is 4.87. The van der Waals surface area contributed by atoms with Crippen molar-refractivity contribution >= 4 is 35.2 Å². The molecule has 13 nitrogen and oxygen atoms in total. The molecule has 2 saturated carbocycles. The van der Waals surface area contributed by atoms with Gasteiger partial charge in [-0.25, -0.2) is 4.79 Å².